The summed E-state index contributed by atoms with van der Waals surface area (Å²) >= 11 is 0. The van der Waals surface area contributed by atoms with Gasteiger partial charge < -0.3 is 5.32 Å². The molecule has 2 rings (SSSR count). The lowest BCUT2D eigenvalue weighted by Gasteiger charge is -2.20. The average molecular weight is 277 g/mol. The molecule has 0 aliphatic carbocycles. The number of hydrogen-bond acceptors (Lipinski definition) is 1. The van der Waals surface area contributed by atoms with Gasteiger partial charge in [0.25, 0.3) is 0 Å². The van der Waals surface area contributed by atoms with Gasteiger partial charge in [0.1, 0.15) is 5.82 Å². The molecule has 0 aliphatic heterocycles. The molecule has 0 radical (unpaired) electrons. The molecule has 0 aromatic heterocycles. The van der Waals surface area contributed by atoms with Gasteiger partial charge in [-0.1, -0.05) is 42.5 Å². The Labute approximate surface area is 121 Å². The van der Waals surface area contributed by atoms with Crippen molar-refractivity contribution in [3.8, 4) is 0 Å². The second-order valence-corrected chi connectivity index (χ2v) is 4.57. The molecular weight excluding hydrogens is 257 g/mol. The molecule has 1 nitrogen and oxygen atoms in total. The van der Waals surface area contributed by atoms with Crippen LogP contribution in [0.1, 0.15) is 37.1 Å². The molecule has 1 N–H and O–H groups in total. The maximum absolute atomic E-state index is 12.9. The van der Waals surface area contributed by atoms with Crippen LogP contribution in [-0.4, -0.2) is 0 Å². The third-order valence-electron chi connectivity index (χ3n) is 3.17. The van der Waals surface area contributed by atoms with Crippen LogP contribution in [0, 0.1) is 5.82 Å². The molecule has 0 saturated carbocycles. The third-order valence-corrected chi connectivity index (χ3v) is 3.17. The van der Waals surface area contributed by atoms with Gasteiger partial charge in [-0.15, -0.1) is 0 Å². The smallest absolute Gasteiger partial charge is 0.123 e. The number of rotatable bonds is 4. The Balaban J connectivity index is 0.00000180. The third kappa shape index (κ3) is 4.37. The van der Waals surface area contributed by atoms with E-state index in [-0.39, 0.29) is 31.4 Å². The minimum atomic E-state index is -0.193. The lowest BCUT2D eigenvalue weighted by Crippen LogP contribution is -2.22. The average Bonchev–Trinajstić information content (AvgIpc) is 2.40. The normalized spacial score (nSPS) is 13.4. The molecule has 2 aromatic carbocycles. The Hall–Kier alpha value is -1.32. The van der Waals surface area contributed by atoms with Gasteiger partial charge in [-0.05, 0) is 37.1 Å². The van der Waals surface area contributed by atoms with Crippen molar-refractivity contribution in [1.29, 1.82) is 0 Å². The van der Waals surface area contributed by atoms with E-state index < -0.39 is 0 Å². The molecule has 0 aliphatic rings. The van der Waals surface area contributed by atoms with Crippen molar-refractivity contribution >= 4 is 13.5 Å². The summed E-state index contributed by atoms with van der Waals surface area (Å²) in [6, 6.07) is 17.4. The van der Waals surface area contributed by atoms with E-state index in [1.165, 1.54) is 17.7 Å². The summed E-state index contributed by atoms with van der Waals surface area (Å²) in [5.41, 5.74) is 2.35. The van der Waals surface area contributed by atoms with Crippen molar-refractivity contribution in [2.45, 2.75) is 25.9 Å². The van der Waals surface area contributed by atoms with Gasteiger partial charge in [-0.3, -0.25) is 0 Å². The van der Waals surface area contributed by atoms with Gasteiger partial charge in [0, 0.05) is 12.1 Å². The highest BCUT2D eigenvalue weighted by molar-refractivity contribution is 7.59. The minimum absolute atomic E-state index is 0. The molecule has 102 valence electrons. The lowest BCUT2D eigenvalue weighted by molar-refractivity contribution is 0.494. The van der Waals surface area contributed by atoms with Crippen LogP contribution in [0.4, 0.5) is 4.39 Å². The molecule has 2 atom stereocenters. The van der Waals surface area contributed by atoms with Gasteiger partial charge >= 0.3 is 0 Å². The Morgan fingerprint density at radius 2 is 1.26 bits per heavy atom. The van der Waals surface area contributed by atoms with Crippen molar-refractivity contribution in [3.05, 3.63) is 71.5 Å². The van der Waals surface area contributed by atoms with E-state index in [2.05, 4.69) is 31.3 Å². The second kappa shape index (κ2) is 7.31. The second-order valence-electron chi connectivity index (χ2n) is 4.57. The zero-order valence-corrected chi connectivity index (χ0v) is 12.2. The van der Waals surface area contributed by atoms with Crippen molar-refractivity contribution in [1.82, 2.24) is 5.32 Å². The lowest BCUT2D eigenvalue weighted by atomic mass is 10.0. The highest BCUT2D eigenvalue weighted by Gasteiger charge is 2.10. The number of hydrogen-bond donors (Lipinski definition) is 1. The first-order valence-corrected chi connectivity index (χ1v) is 6.23. The molecule has 0 heterocycles. The van der Waals surface area contributed by atoms with Crippen molar-refractivity contribution in [3.63, 3.8) is 0 Å². The summed E-state index contributed by atoms with van der Waals surface area (Å²) < 4.78 is 12.9. The van der Waals surface area contributed by atoms with E-state index in [9.17, 15) is 4.39 Å². The van der Waals surface area contributed by atoms with E-state index in [4.69, 9.17) is 0 Å². The molecule has 0 saturated heterocycles. The highest BCUT2D eigenvalue weighted by atomic mass is 32.1. The molecule has 1 unspecified atom stereocenters. The first-order chi connectivity index (χ1) is 8.66. The summed E-state index contributed by atoms with van der Waals surface area (Å²) in [6.45, 7) is 4.22. The van der Waals surface area contributed by atoms with E-state index in [0.717, 1.165) is 5.56 Å². The molecule has 0 fully saturated rings. The Bertz CT molecular complexity index is 484. The molecule has 0 spiro atoms. The topological polar surface area (TPSA) is 12.0 Å². The maximum Gasteiger partial charge on any atom is 0.123 e. The van der Waals surface area contributed by atoms with Gasteiger partial charge in [0.05, 0.1) is 0 Å². The van der Waals surface area contributed by atoms with E-state index in [0.29, 0.717) is 0 Å². The van der Waals surface area contributed by atoms with Crippen molar-refractivity contribution in [2.75, 3.05) is 0 Å². The van der Waals surface area contributed by atoms with Gasteiger partial charge in [0.2, 0.25) is 0 Å². The quantitative estimate of drug-likeness (QED) is 0.876. The zero-order valence-electron chi connectivity index (χ0n) is 11.2. The van der Waals surface area contributed by atoms with Crippen LogP contribution in [0.3, 0.4) is 0 Å². The molecule has 19 heavy (non-hydrogen) atoms. The minimum Gasteiger partial charge on any atom is -0.304 e. The van der Waals surface area contributed by atoms with Crippen LogP contribution in [0.25, 0.3) is 0 Å². The van der Waals surface area contributed by atoms with Crippen LogP contribution >= 0.6 is 13.5 Å². The van der Waals surface area contributed by atoms with Gasteiger partial charge in [-0.2, -0.15) is 13.5 Å². The first-order valence-electron chi connectivity index (χ1n) is 6.23. The monoisotopic (exact) mass is 277 g/mol. The summed E-state index contributed by atoms with van der Waals surface area (Å²) in [5, 5.41) is 3.51. The molecule has 0 bridgehead atoms. The molecule has 0 amide bonds. The van der Waals surface area contributed by atoms with E-state index in [1.54, 1.807) is 0 Å². The predicted molar refractivity (Wildman–Crippen MR) is 83.2 cm³/mol. The summed E-state index contributed by atoms with van der Waals surface area (Å²) in [5.74, 6) is -0.193. The fourth-order valence-corrected chi connectivity index (χ4v) is 2.06. The largest absolute Gasteiger partial charge is 0.304 e. The van der Waals surface area contributed by atoms with Crippen molar-refractivity contribution in [2.24, 2.45) is 0 Å². The van der Waals surface area contributed by atoms with Crippen LogP contribution in [0.5, 0.6) is 0 Å². The predicted octanol–water partition coefficient (Wildman–Crippen LogP) is 4.35. The Morgan fingerprint density at radius 1 is 0.789 bits per heavy atom. The highest BCUT2D eigenvalue weighted by Crippen LogP contribution is 2.19. The molecule has 3 heteroatoms. The van der Waals surface area contributed by atoms with Crippen LogP contribution in [-0.2, 0) is 0 Å². The summed E-state index contributed by atoms with van der Waals surface area (Å²) in [7, 11) is 0. The van der Waals surface area contributed by atoms with E-state index >= 15 is 0 Å². The van der Waals surface area contributed by atoms with E-state index in [1.807, 2.05) is 30.3 Å². The fraction of sp³-hybridized carbons (Fsp3) is 0.250. The van der Waals surface area contributed by atoms with Crippen LogP contribution in [0.15, 0.2) is 54.6 Å². The zero-order chi connectivity index (χ0) is 13.0. The van der Waals surface area contributed by atoms with Gasteiger partial charge in [0.15, 0.2) is 0 Å². The van der Waals surface area contributed by atoms with Gasteiger partial charge in [-0.25, -0.2) is 4.39 Å². The van der Waals surface area contributed by atoms with Crippen LogP contribution in [0.2, 0.25) is 0 Å². The first kappa shape index (κ1) is 15.7. The molecule has 2 aromatic rings. The maximum atomic E-state index is 12.9. The molecular formula is C16H20FNS. The van der Waals surface area contributed by atoms with Crippen molar-refractivity contribution < 1.29 is 4.39 Å². The fourth-order valence-electron chi connectivity index (χ4n) is 2.06. The summed E-state index contributed by atoms with van der Waals surface area (Å²) in [4.78, 5) is 0. The SMILES string of the molecule is CC(N[C@@H](C)c1ccccc1)c1ccc(F)cc1.S. The number of nitrogens with one attached hydrogen (secondary N) is 1. The number of halogens is 1. The Morgan fingerprint density at radius 3 is 1.79 bits per heavy atom. The summed E-state index contributed by atoms with van der Waals surface area (Å²) in [6.07, 6.45) is 0. The standard InChI is InChI=1S/C16H18FN.H2S/c1-12(14-6-4-3-5-7-14)18-13(2)15-8-10-16(17)11-9-15;/h3-13,18H,1-2H3;1H2/t12-,13?;/m0./s1. The van der Waals surface area contributed by atoms with Crippen LogP contribution < -0.4 is 5.32 Å². The Kier molecular flexibility index (Phi) is 6.06. The number of benzene rings is 2.